The fraction of sp³-hybridized carbons (Fsp3) is 0.176. The molecule has 0 aliphatic carbocycles. The SMILES string of the molecule is CCn1c(SCC(=O)NN=Cc2ccccn2)nc2ccccc21. The smallest absolute Gasteiger partial charge is 0.250 e. The van der Waals surface area contributed by atoms with Gasteiger partial charge in [-0.05, 0) is 31.2 Å². The molecule has 0 spiro atoms. The first-order valence-electron chi connectivity index (χ1n) is 7.59. The molecule has 0 bridgehead atoms. The maximum absolute atomic E-state index is 11.9. The van der Waals surface area contributed by atoms with Gasteiger partial charge in [0.15, 0.2) is 5.16 Å². The monoisotopic (exact) mass is 339 g/mol. The summed E-state index contributed by atoms with van der Waals surface area (Å²) in [6.07, 6.45) is 3.19. The molecule has 24 heavy (non-hydrogen) atoms. The van der Waals surface area contributed by atoms with Crippen molar-refractivity contribution in [1.29, 1.82) is 0 Å². The number of para-hydroxylation sites is 2. The number of rotatable bonds is 6. The molecule has 0 saturated carbocycles. The zero-order valence-electron chi connectivity index (χ0n) is 13.2. The topological polar surface area (TPSA) is 72.2 Å². The summed E-state index contributed by atoms with van der Waals surface area (Å²) in [7, 11) is 0. The average Bonchev–Trinajstić information content (AvgIpc) is 2.98. The van der Waals surface area contributed by atoms with Gasteiger partial charge in [0, 0.05) is 12.7 Å². The van der Waals surface area contributed by atoms with Gasteiger partial charge in [-0.3, -0.25) is 9.78 Å². The number of nitrogens with one attached hydrogen (secondary N) is 1. The van der Waals surface area contributed by atoms with Crippen LogP contribution in [0.4, 0.5) is 0 Å². The minimum Gasteiger partial charge on any atom is -0.319 e. The summed E-state index contributed by atoms with van der Waals surface area (Å²) in [5, 5.41) is 4.75. The lowest BCUT2D eigenvalue weighted by molar-refractivity contribution is -0.118. The van der Waals surface area contributed by atoms with E-state index in [2.05, 4.69) is 32.0 Å². The first-order valence-corrected chi connectivity index (χ1v) is 8.57. The lowest BCUT2D eigenvalue weighted by Crippen LogP contribution is -2.20. The van der Waals surface area contributed by atoms with Crippen molar-refractivity contribution < 1.29 is 4.79 Å². The van der Waals surface area contributed by atoms with Crippen LogP contribution in [0.3, 0.4) is 0 Å². The number of aromatic nitrogens is 3. The third-order valence-corrected chi connectivity index (χ3v) is 4.32. The molecule has 0 unspecified atom stereocenters. The van der Waals surface area contributed by atoms with Gasteiger partial charge in [0.2, 0.25) is 0 Å². The number of benzene rings is 1. The Hall–Kier alpha value is -2.67. The summed E-state index contributed by atoms with van der Waals surface area (Å²) < 4.78 is 2.10. The molecule has 2 heterocycles. The second kappa shape index (κ2) is 7.74. The molecule has 3 rings (SSSR count). The third-order valence-electron chi connectivity index (χ3n) is 3.34. The first kappa shape index (κ1) is 16.2. The molecule has 1 aromatic carbocycles. The summed E-state index contributed by atoms with van der Waals surface area (Å²) in [5.74, 6) is 0.0741. The Kier molecular flexibility index (Phi) is 5.22. The number of carbonyl (C=O) groups excluding carboxylic acids is 1. The van der Waals surface area contributed by atoms with Crippen LogP contribution in [0.15, 0.2) is 58.9 Å². The molecule has 122 valence electrons. The van der Waals surface area contributed by atoms with Crippen LogP contribution in [0.5, 0.6) is 0 Å². The lowest BCUT2D eigenvalue weighted by Gasteiger charge is -2.04. The van der Waals surface area contributed by atoms with Crippen LogP contribution in [0, 0.1) is 0 Å². The van der Waals surface area contributed by atoms with Gasteiger partial charge in [-0.1, -0.05) is 30.0 Å². The second-order valence-corrected chi connectivity index (χ2v) is 5.91. The van der Waals surface area contributed by atoms with E-state index in [1.165, 1.54) is 18.0 Å². The number of carbonyl (C=O) groups is 1. The van der Waals surface area contributed by atoms with Crippen LogP contribution in [0.1, 0.15) is 12.6 Å². The third kappa shape index (κ3) is 3.80. The van der Waals surface area contributed by atoms with E-state index >= 15 is 0 Å². The van der Waals surface area contributed by atoms with Crippen molar-refractivity contribution in [3.63, 3.8) is 0 Å². The van der Waals surface area contributed by atoms with Crippen molar-refractivity contribution in [2.45, 2.75) is 18.6 Å². The minimum absolute atomic E-state index is 0.179. The second-order valence-electron chi connectivity index (χ2n) is 4.96. The predicted octanol–water partition coefficient (Wildman–Crippen LogP) is 2.69. The number of thioether (sulfide) groups is 1. The van der Waals surface area contributed by atoms with E-state index in [4.69, 9.17) is 0 Å². The van der Waals surface area contributed by atoms with Crippen LogP contribution < -0.4 is 5.43 Å². The Morgan fingerprint density at radius 1 is 1.29 bits per heavy atom. The van der Waals surface area contributed by atoms with Gasteiger partial charge in [-0.2, -0.15) is 5.10 Å². The van der Waals surface area contributed by atoms with Crippen molar-refractivity contribution in [3.05, 3.63) is 54.4 Å². The molecule has 0 radical (unpaired) electrons. The summed E-state index contributed by atoms with van der Waals surface area (Å²) >= 11 is 1.40. The van der Waals surface area contributed by atoms with Gasteiger partial charge in [0.1, 0.15) is 0 Å². The Balaban J connectivity index is 1.59. The summed E-state index contributed by atoms with van der Waals surface area (Å²) in [6.45, 7) is 2.87. The highest BCUT2D eigenvalue weighted by molar-refractivity contribution is 7.99. The Morgan fingerprint density at radius 2 is 2.12 bits per heavy atom. The Labute approximate surface area is 144 Å². The number of amides is 1. The molecule has 6 nitrogen and oxygen atoms in total. The van der Waals surface area contributed by atoms with Crippen LogP contribution in [-0.2, 0) is 11.3 Å². The molecular formula is C17H17N5OS. The molecule has 0 saturated heterocycles. The van der Waals surface area contributed by atoms with E-state index in [1.807, 2.05) is 42.5 Å². The van der Waals surface area contributed by atoms with Crippen molar-refractivity contribution in [1.82, 2.24) is 20.0 Å². The zero-order valence-corrected chi connectivity index (χ0v) is 14.0. The molecule has 0 atom stereocenters. The molecule has 3 aromatic rings. The molecule has 1 amide bonds. The van der Waals surface area contributed by atoms with Crippen LogP contribution >= 0.6 is 11.8 Å². The molecule has 0 aliphatic heterocycles. The highest BCUT2D eigenvalue weighted by Gasteiger charge is 2.11. The van der Waals surface area contributed by atoms with Gasteiger partial charge >= 0.3 is 0 Å². The van der Waals surface area contributed by atoms with Crippen molar-refractivity contribution >= 4 is 34.9 Å². The van der Waals surface area contributed by atoms with E-state index in [9.17, 15) is 4.79 Å². The first-order chi connectivity index (χ1) is 11.8. The van der Waals surface area contributed by atoms with Gasteiger partial charge in [0.05, 0.1) is 28.7 Å². The standard InChI is InChI=1S/C17H17N5OS/c1-2-22-15-9-4-3-8-14(15)20-17(22)24-12-16(23)21-19-11-13-7-5-6-10-18-13/h3-11H,2,12H2,1H3,(H,21,23). The molecule has 2 aromatic heterocycles. The van der Waals surface area contributed by atoms with Gasteiger partial charge in [-0.15, -0.1) is 0 Å². The predicted molar refractivity (Wildman–Crippen MR) is 96.1 cm³/mol. The fourth-order valence-corrected chi connectivity index (χ4v) is 3.13. The van der Waals surface area contributed by atoms with Crippen molar-refractivity contribution in [2.24, 2.45) is 5.10 Å². The van der Waals surface area contributed by atoms with Crippen molar-refractivity contribution in [3.8, 4) is 0 Å². The van der Waals surface area contributed by atoms with E-state index in [1.54, 1.807) is 6.20 Å². The number of pyridine rings is 1. The largest absolute Gasteiger partial charge is 0.319 e. The van der Waals surface area contributed by atoms with E-state index < -0.39 is 0 Å². The molecular weight excluding hydrogens is 322 g/mol. The summed E-state index contributed by atoms with van der Waals surface area (Å²) in [5.41, 5.74) is 5.22. The number of hydrogen-bond donors (Lipinski definition) is 1. The van der Waals surface area contributed by atoms with Gasteiger partial charge in [-0.25, -0.2) is 10.4 Å². The number of nitrogens with zero attached hydrogens (tertiary/aromatic N) is 4. The van der Waals surface area contributed by atoms with Gasteiger partial charge < -0.3 is 4.57 Å². The number of fused-ring (bicyclic) bond motifs is 1. The van der Waals surface area contributed by atoms with E-state index in [0.29, 0.717) is 5.69 Å². The number of aryl methyl sites for hydroxylation is 1. The van der Waals surface area contributed by atoms with E-state index in [0.717, 1.165) is 22.7 Å². The van der Waals surface area contributed by atoms with Crippen LogP contribution in [0.25, 0.3) is 11.0 Å². The summed E-state index contributed by atoms with van der Waals surface area (Å²) in [6, 6.07) is 13.5. The highest BCUT2D eigenvalue weighted by Crippen LogP contribution is 2.23. The van der Waals surface area contributed by atoms with Crippen LogP contribution in [0.2, 0.25) is 0 Å². The number of hydrogen-bond acceptors (Lipinski definition) is 5. The average molecular weight is 339 g/mol. The molecule has 0 fully saturated rings. The molecule has 1 N–H and O–H groups in total. The number of hydrazone groups is 1. The Bertz CT molecular complexity index is 860. The fourth-order valence-electron chi connectivity index (χ4n) is 2.25. The van der Waals surface area contributed by atoms with E-state index in [-0.39, 0.29) is 11.7 Å². The summed E-state index contributed by atoms with van der Waals surface area (Å²) in [4.78, 5) is 20.6. The minimum atomic E-state index is -0.179. The lowest BCUT2D eigenvalue weighted by atomic mass is 10.3. The Morgan fingerprint density at radius 3 is 2.92 bits per heavy atom. The number of imidazole rings is 1. The maximum atomic E-state index is 11.9. The van der Waals surface area contributed by atoms with Crippen molar-refractivity contribution in [2.75, 3.05) is 5.75 Å². The zero-order chi connectivity index (χ0) is 16.8. The van der Waals surface area contributed by atoms with Crippen LogP contribution in [-0.4, -0.2) is 32.4 Å². The molecule has 0 aliphatic rings. The normalized spacial score (nSPS) is 11.2. The quantitative estimate of drug-likeness (QED) is 0.426. The highest BCUT2D eigenvalue weighted by atomic mass is 32.2. The maximum Gasteiger partial charge on any atom is 0.250 e. The van der Waals surface area contributed by atoms with Gasteiger partial charge in [0.25, 0.3) is 5.91 Å². The molecule has 7 heteroatoms.